The van der Waals surface area contributed by atoms with Gasteiger partial charge >= 0.3 is 0 Å². The summed E-state index contributed by atoms with van der Waals surface area (Å²) in [5.41, 5.74) is 2.26. The highest BCUT2D eigenvalue weighted by molar-refractivity contribution is 8.00. The molecular weight excluding hydrogens is 404 g/mol. The molecule has 1 atom stereocenters. The summed E-state index contributed by atoms with van der Waals surface area (Å²) in [5, 5.41) is 9.67. The molecule has 0 radical (unpaired) electrons. The summed E-state index contributed by atoms with van der Waals surface area (Å²) in [5.74, 6) is 1.75. The Hall–Kier alpha value is -2.60. The van der Waals surface area contributed by atoms with Gasteiger partial charge in [0.2, 0.25) is 5.91 Å². The molecule has 5 rings (SSSR count). The van der Waals surface area contributed by atoms with Gasteiger partial charge in [-0.1, -0.05) is 72.4 Å². The zero-order chi connectivity index (χ0) is 21.0. The molecule has 160 valence electrons. The number of hydrogen-bond acceptors (Lipinski definition) is 4. The van der Waals surface area contributed by atoms with Crippen molar-refractivity contribution >= 4 is 17.7 Å². The number of aromatic nitrogens is 3. The van der Waals surface area contributed by atoms with Gasteiger partial charge in [0, 0.05) is 19.0 Å². The highest BCUT2D eigenvalue weighted by Crippen LogP contribution is 2.42. The summed E-state index contributed by atoms with van der Waals surface area (Å²) in [6.45, 7) is 2.45. The standard InChI is InChI=1S/C25H28N4OS/c30-24(28-16-8-3-9-17-28)22(20-12-6-2-7-13-20)31-25-27-26-23(21-14-15-21)29(25)18-19-10-4-1-5-11-19/h1-2,4-7,10-13,21-22H,3,8-9,14-18H2. The number of hydrogen-bond donors (Lipinski definition) is 0. The minimum absolute atomic E-state index is 0.193. The zero-order valence-corrected chi connectivity index (χ0v) is 18.5. The predicted molar refractivity (Wildman–Crippen MR) is 123 cm³/mol. The van der Waals surface area contributed by atoms with E-state index in [-0.39, 0.29) is 11.2 Å². The fraction of sp³-hybridized carbons (Fsp3) is 0.400. The Balaban J connectivity index is 1.46. The molecule has 1 saturated carbocycles. The second kappa shape index (κ2) is 9.27. The number of benzene rings is 2. The van der Waals surface area contributed by atoms with E-state index >= 15 is 0 Å². The third kappa shape index (κ3) is 4.69. The Labute approximate surface area is 187 Å². The molecule has 31 heavy (non-hydrogen) atoms. The maximum absolute atomic E-state index is 13.6. The molecule has 2 fully saturated rings. The van der Waals surface area contributed by atoms with Gasteiger partial charge < -0.3 is 9.47 Å². The van der Waals surface area contributed by atoms with Crippen LogP contribution in [0.15, 0.2) is 65.8 Å². The highest BCUT2D eigenvalue weighted by atomic mass is 32.2. The number of piperidine rings is 1. The van der Waals surface area contributed by atoms with Crippen molar-refractivity contribution < 1.29 is 4.79 Å². The first-order valence-electron chi connectivity index (χ1n) is 11.3. The lowest BCUT2D eigenvalue weighted by Crippen LogP contribution is -2.38. The molecule has 2 aliphatic rings. The van der Waals surface area contributed by atoms with Gasteiger partial charge in [-0.2, -0.15) is 0 Å². The van der Waals surface area contributed by atoms with Crippen LogP contribution < -0.4 is 0 Å². The summed E-state index contributed by atoms with van der Waals surface area (Å²) in [6, 6.07) is 20.6. The van der Waals surface area contributed by atoms with E-state index in [2.05, 4.69) is 51.2 Å². The molecule has 1 aromatic heterocycles. The summed E-state index contributed by atoms with van der Waals surface area (Å²) in [7, 11) is 0. The fourth-order valence-corrected chi connectivity index (χ4v) is 5.35. The smallest absolute Gasteiger partial charge is 0.240 e. The van der Waals surface area contributed by atoms with Crippen LogP contribution in [0.5, 0.6) is 0 Å². The number of nitrogens with zero attached hydrogens (tertiary/aromatic N) is 4. The van der Waals surface area contributed by atoms with Gasteiger partial charge in [-0.25, -0.2) is 0 Å². The van der Waals surface area contributed by atoms with Crippen LogP contribution in [-0.4, -0.2) is 38.7 Å². The largest absolute Gasteiger partial charge is 0.341 e. The SMILES string of the molecule is O=C(C(Sc1nnc(C2CC2)n1Cc1ccccc1)c1ccccc1)N1CCCCC1. The van der Waals surface area contributed by atoms with Crippen LogP contribution >= 0.6 is 11.8 Å². The molecule has 1 aliphatic carbocycles. The number of carbonyl (C=O) groups is 1. The molecule has 6 heteroatoms. The van der Waals surface area contributed by atoms with Crippen molar-refractivity contribution in [1.29, 1.82) is 0 Å². The molecule has 5 nitrogen and oxygen atoms in total. The normalized spacial score (nSPS) is 17.5. The number of carbonyl (C=O) groups excluding carboxylic acids is 1. The first kappa shape index (κ1) is 20.3. The van der Waals surface area contributed by atoms with Crippen LogP contribution in [0, 0.1) is 0 Å². The minimum Gasteiger partial charge on any atom is -0.341 e. The van der Waals surface area contributed by atoms with Gasteiger partial charge in [-0.05, 0) is 43.2 Å². The average Bonchev–Trinajstić information content (AvgIpc) is 3.61. The maximum Gasteiger partial charge on any atom is 0.240 e. The molecule has 3 aromatic rings. The summed E-state index contributed by atoms with van der Waals surface area (Å²) in [4.78, 5) is 15.6. The van der Waals surface area contributed by atoms with Crippen molar-refractivity contribution in [2.45, 2.75) is 55.0 Å². The van der Waals surface area contributed by atoms with E-state index in [1.807, 2.05) is 29.2 Å². The molecule has 0 N–H and O–H groups in total. The number of rotatable bonds is 7. The van der Waals surface area contributed by atoms with Crippen molar-refractivity contribution in [3.05, 3.63) is 77.6 Å². The van der Waals surface area contributed by atoms with E-state index in [0.717, 1.165) is 49.0 Å². The topological polar surface area (TPSA) is 51.0 Å². The maximum atomic E-state index is 13.6. The van der Waals surface area contributed by atoms with Crippen molar-refractivity contribution in [2.75, 3.05) is 13.1 Å². The monoisotopic (exact) mass is 432 g/mol. The van der Waals surface area contributed by atoms with E-state index in [1.54, 1.807) is 11.8 Å². The quantitative estimate of drug-likeness (QED) is 0.490. The van der Waals surface area contributed by atoms with E-state index in [4.69, 9.17) is 0 Å². The Bertz CT molecular complexity index is 1010. The van der Waals surface area contributed by atoms with Crippen LogP contribution in [0.4, 0.5) is 0 Å². The Morgan fingerprint density at radius 1 is 0.935 bits per heavy atom. The molecule has 2 heterocycles. The predicted octanol–water partition coefficient (Wildman–Crippen LogP) is 5.05. The van der Waals surface area contributed by atoms with Gasteiger partial charge in [0.25, 0.3) is 0 Å². The van der Waals surface area contributed by atoms with E-state index in [0.29, 0.717) is 5.92 Å². The van der Waals surface area contributed by atoms with Crippen molar-refractivity contribution in [3.63, 3.8) is 0 Å². The molecule has 1 saturated heterocycles. The Kier molecular flexibility index (Phi) is 6.07. The van der Waals surface area contributed by atoms with Gasteiger partial charge in [0.05, 0.1) is 6.54 Å². The molecule has 0 bridgehead atoms. The average molecular weight is 433 g/mol. The fourth-order valence-electron chi connectivity index (χ4n) is 4.22. The third-order valence-corrected chi connectivity index (χ3v) is 7.31. The van der Waals surface area contributed by atoms with E-state index in [9.17, 15) is 4.79 Å². The van der Waals surface area contributed by atoms with Gasteiger partial charge in [-0.3, -0.25) is 4.79 Å². The van der Waals surface area contributed by atoms with Gasteiger partial charge in [0.15, 0.2) is 5.16 Å². The summed E-state index contributed by atoms with van der Waals surface area (Å²) < 4.78 is 2.23. The van der Waals surface area contributed by atoms with Crippen LogP contribution in [0.2, 0.25) is 0 Å². The molecule has 2 aromatic carbocycles. The van der Waals surface area contributed by atoms with Crippen LogP contribution in [0.25, 0.3) is 0 Å². The van der Waals surface area contributed by atoms with Crippen LogP contribution in [-0.2, 0) is 11.3 Å². The lowest BCUT2D eigenvalue weighted by atomic mass is 10.1. The Morgan fingerprint density at radius 2 is 1.61 bits per heavy atom. The lowest BCUT2D eigenvalue weighted by Gasteiger charge is -2.30. The second-order valence-electron chi connectivity index (χ2n) is 8.48. The van der Waals surface area contributed by atoms with Crippen molar-refractivity contribution in [1.82, 2.24) is 19.7 Å². The van der Waals surface area contributed by atoms with Crippen LogP contribution in [0.3, 0.4) is 0 Å². The lowest BCUT2D eigenvalue weighted by molar-refractivity contribution is -0.131. The number of thioether (sulfide) groups is 1. The summed E-state index contributed by atoms with van der Waals surface area (Å²) in [6.07, 6.45) is 5.74. The molecule has 1 aliphatic heterocycles. The van der Waals surface area contributed by atoms with Crippen molar-refractivity contribution in [2.24, 2.45) is 0 Å². The third-order valence-electron chi connectivity index (χ3n) is 6.09. The molecule has 1 unspecified atom stereocenters. The second-order valence-corrected chi connectivity index (χ2v) is 9.55. The summed E-state index contributed by atoms with van der Waals surface area (Å²) >= 11 is 1.55. The molecule has 1 amide bonds. The van der Waals surface area contributed by atoms with E-state index in [1.165, 1.54) is 24.8 Å². The van der Waals surface area contributed by atoms with Gasteiger partial charge in [0.1, 0.15) is 11.1 Å². The highest BCUT2D eigenvalue weighted by Gasteiger charge is 2.33. The molecular formula is C25H28N4OS. The number of likely N-dealkylation sites (tertiary alicyclic amines) is 1. The zero-order valence-electron chi connectivity index (χ0n) is 17.7. The first-order valence-corrected chi connectivity index (χ1v) is 12.1. The van der Waals surface area contributed by atoms with Crippen molar-refractivity contribution in [3.8, 4) is 0 Å². The number of amides is 1. The molecule has 0 spiro atoms. The van der Waals surface area contributed by atoms with E-state index < -0.39 is 0 Å². The van der Waals surface area contributed by atoms with Gasteiger partial charge in [-0.15, -0.1) is 10.2 Å². The Morgan fingerprint density at radius 3 is 2.29 bits per heavy atom. The first-order chi connectivity index (χ1) is 15.3. The van der Waals surface area contributed by atoms with Crippen LogP contribution in [0.1, 0.15) is 60.2 Å². The minimum atomic E-state index is -0.301.